The molecule has 7 atom stereocenters. The minimum absolute atomic E-state index is 0.0380. The molecule has 6 heteroatoms. The molecule has 0 unspecified atom stereocenters. The molecule has 0 radical (unpaired) electrons. The van der Waals surface area contributed by atoms with E-state index in [2.05, 4.69) is 13.8 Å². The van der Waals surface area contributed by atoms with Crippen LogP contribution in [0.3, 0.4) is 0 Å². The molecule has 2 aliphatic carbocycles. The number of methoxy groups -OCH3 is 1. The van der Waals surface area contributed by atoms with Crippen molar-refractivity contribution >= 4 is 11.9 Å². The van der Waals surface area contributed by atoms with Crippen LogP contribution in [0.1, 0.15) is 57.6 Å². The Morgan fingerprint density at radius 2 is 2.11 bits per heavy atom. The number of rotatable bonds is 2. The van der Waals surface area contributed by atoms with Crippen LogP contribution in [0, 0.1) is 22.7 Å². The Kier molecular flexibility index (Phi) is 3.44. The summed E-state index contributed by atoms with van der Waals surface area (Å²) in [5.41, 5.74) is -1.00. The van der Waals surface area contributed by atoms with Crippen LogP contribution in [-0.2, 0) is 23.8 Å². The Morgan fingerprint density at radius 3 is 2.81 bits per heavy atom. The molecule has 2 saturated heterocycles. The van der Waals surface area contributed by atoms with Gasteiger partial charge < -0.3 is 18.6 Å². The fourth-order valence-corrected chi connectivity index (χ4v) is 6.72. The van der Waals surface area contributed by atoms with E-state index in [1.165, 1.54) is 7.11 Å². The van der Waals surface area contributed by atoms with E-state index >= 15 is 0 Å². The van der Waals surface area contributed by atoms with Gasteiger partial charge in [0.15, 0.2) is 5.60 Å². The molecule has 2 aliphatic heterocycles. The molecule has 27 heavy (non-hydrogen) atoms. The fourth-order valence-electron chi connectivity index (χ4n) is 6.72. The average molecular weight is 374 g/mol. The first-order chi connectivity index (χ1) is 12.9. The van der Waals surface area contributed by atoms with E-state index in [0.717, 1.165) is 31.2 Å². The van der Waals surface area contributed by atoms with Gasteiger partial charge in [-0.2, -0.15) is 0 Å². The summed E-state index contributed by atoms with van der Waals surface area (Å²) in [6.45, 7) is 4.28. The lowest BCUT2D eigenvalue weighted by Crippen LogP contribution is -2.61. The number of esters is 2. The van der Waals surface area contributed by atoms with E-state index in [9.17, 15) is 9.59 Å². The van der Waals surface area contributed by atoms with E-state index in [1.54, 1.807) is 12.5 Å². The number of hydrogen-bond donors (Lipinski definition) is 0. The summed E-state index contributed by atoms with van der Waals surface area (Å²) in [7, 11) is 1.42. The molecule has 2 saturated carbocycles. The van der Waals surface area contributed by atoms with Gasteiger partial charge >= 0.3 is 11.9 Å². The van der Waals surface area contributed by atoms with Gasteiger partial charge in [-0.15, -0.1) is 0 Å². The number of epoxide rings is 1. The van der Waals surface area contributed by atoms with Gasteiger partial charge in [0.25, 0.3) is 0 Å². The van der Waals surface area contributed by atoms with Gasteiger partial charge in [-0.1, -0.05) is 13.8 Å². The number of fused-ring (bicyclic) bond motifs is 4. The van der Waals surface area contributed by atoms with Crippen molar-refractivity contribution in [1.29, 1.82) is 0 Å². The van der Waals surface area contributed by atoms with Crippen molar-refractivity contribution in [1.82, 2.24) is 0 Å². The minimum atomic E-state index is -0.897. The third-order valence-corrected chi connectivity index (χ3v) is 8.21. The summed E-state index contributed by atoms with van der Waals surface area (Å²) in [5.74, 6) is -0.181. The Morgan fingerprint density at radius 1 is 1.30 bits per heavy atom. The van der Waals surface area contributed by atoms with Crippen LogP contribution < -0.4 is 0 Å². The second-order valence-electron chi connectivity index (χ2n) is 9.02. The second-order valence-corrected chi connectivity index (χ2v) is 9.02. The van der Waals surface area contributed by atoms with Crippen molar-refractivity contribution in [2.45, 2.75) is 63.8 Å². The molecule has 4 fully saturated rings. The molecule has 0 amide bonds. The quantitative estimate of drug-likeness (QED) is 0.583. The zero-order chi connectivity index (χ0) is 19.0. The smallest absolute Gasteiger partial charge is 0.341 e. The number of cyclic esters (lactones) is 1. The lowest BCUT2D eigenvalue weighted by Gasteiger charge is -2.56. The normalized spacial score (nSPS) is 47.9. The predicted octanol–water partition coefficient (Wildman–Crippen LogP) is 3.41. The minimum Gasteiger partial charge on any atom is -0.472 e. The summed E-state index contributed by atoms with van der Waals surface area (Å²) < 4.78 is 22.2. The molecule has 3 heterocycles. The van der Waals surface area contributed by atoms with Gasteiger partial charge in [-0.3, -0.25) is 4.79 Å². The zero-order valence-electron chi connectivity index (χ0n) is 16.0. The average Bonchev–Trinajstić information content (AvgIpc) is 3.01. The molecule has 6 nitrogen and oxygen atoms in total. The van der Waals surface area contributed by atoms with Gasteiger partial charge in [0.05, 0.1) is 31.2 Å². The van der Waals surface area contributed by atoms with Crippen LogP contribution in [0.5, 0.6) is 0 Å². The molecular weight excluding hydrogens is 348 g/mol. The number of ether oxygens (including phenoxy) is 3. The van der Waals surface area contributed by atoms with Crippen molar-refractivity contribution in [2.24, 2.45) is 22.7 Å². The molecule has 0 N–H and O–H groups in total. The molecule has 146 valence electrons. The van der Waals surface area contributed by atoms with E-state index in [4.69, 9.17) is 18.6 Å². The highest BCUT2D eigenvalue weighted by Gasteiger charge is 2.81. The van der Waals surface area contributed by atoms with E-state index in [-0.39, 0.29) is 36.0 Å². The Balaban J connectivity index is 1.57. The molecule has 1 spiro atoms. The molecule has 4 aliphatic rings. The highest BCUT2D eigenvalue weighted by molar-refractivity contribution is 5.86. The van der Waals surface area contributed by atoms with Crippen molar-refractivity contribution in [3.05, 3.63) is 24.2 Å². The van der Waals surface area contributed by atoms with Gasteiger partial charge in [0.2, 0.25) is 0 Å². The van der Waals surface area contributed by atoms with Gasteiger partial charge in [0, 0.05) is 17.4 Å². The fraction of sp³-hybridized carbons (Fsp3) is 0.714. The molecule has 5 rings (SSSR count). The van der Waals surface area contributed by atoms with Crippen LogP contribution in [0.25, 0.3) is 0 Å². The summed E-state index contributed by atoms with van der Waals surface area (Å²) >= 11 is 0. The van der Waals surface area contributed by atoms with E-state index < -0.39 is 16.4 Å². The predicted molar refractivity (Wildman–Crippen MR) is 93.4 cm³/mol. The van der Waals surface area contributed by atoms with Crippen molar-refractivity contribution in [3.8, 4) is 0 Å². The van der Waals surface area contributed by atoms with Crippen LogP contribution in [0.4, 0.5) is 0 Å². The summed E-state index contributed by atoms with van der Waals surface area (Å²) in [6.07, 6.45) is 6.91. The Bertz CT molecular complexity index is 787. The van der Waals surface area contributed by atoms with Gasteiger partial charge in [-0.05, 0) is 43.6 Å². The lowest BCUT2D eigenvalue weighted by atomic mass is 9.44. The maximum atomic E-state index is 13.3. The lowest BCUT2D eigenvalue weighted by molar-refractivity contribution is -0.177. The second kappa shape index (κ2) is 5.37. The van der Waals surface area contributed by atoms with Crippen LogP contribution in [0.15, 0.2) is 23.0 Å². The summed E-state index contributed by atoms with van der Waals surface area (Å²) in [6, 6.07) is 1.86. The van der Waals surface area contributed by atoms with E-state index in [1.807, 2.05) is 6.07 Å². The Hall–Kier alpha value is -1.82. The topological polar surface area (TPSA) is 78.3 Å². The third-order valence-electron chi connectivity index (χ3n) is 8.21. The highest BCUT2D eigenvalue weighted by Crippen LogP contribution is 2.72. The van der Waals surface area contributed by atoms with Crippen LogP contribution >= 0.6 is 0 Å². The van der Waals surface area contributed by atoms with Gasteiger partial charge in [-0.25, -0.2) is 4.79 Å². The molecular formula is C21H26O6. The summed E-state index contributed by atoms with van der Waals surface area (Å²) in [5, 5.41) is 0. The van der Waals surface area contributed by atoms with Gasteiger partial charge in [0.1, 0.15) is 6.10 Å². The molecule has 1 aromatic heterocycles. The monoisotopic (exact) mass is 374 g/mol. The van der Waals surface area contributed by atoms with E-state index in [0.29, 0.717) is 6.42 Å². The first-order valence-electron chi connectivity index (χ1n) is 9.89. The number of furan rings is 1. The van der Waals surface area contributed by atoms with Crippen molar-refractivity contribution in [2.75, 3.05) is 7.11 Å². The van der Waals surface area contributed by atoms with Crippen molar-refractivity contribution < 1.29 is 28.2 Å². The first kappa shape index (κ1) is 17.3. The zero-order valence-corrected chi connectivity index (χ0v) is 16.0. The van der Waals surface area contributed by atoms with Crippen molar-refractivity contribution in [3.63, 3.8) is 0 Å². The molecule has 0 bridgehead atoms. The SMILES string of the molecule is COC(=O)[C@@]12O[C@@H]1CC[C@@H]1[C@@]3(C[C@@H](c4ccoc4)OC3=O)[C@H](C)CC[C@]12C. The van der Waals surface area contributed by atoms with Crippen LogP contribution in [0.2, 0.25) is 0 Å². The number of carbonyl (C=O) groups excluding carboxylic acids is 2. The Labute approximate surface area is 158 Å². The third kappa shape index (κ3) is 1.90. The molecule has 0 aromatic carbocycles. The number of hydrogen-bond acceptors (Lipinski definition) is 6. The number of carbonyl (C=O) groups is 2. The maximum Gasteiger partial charge on any atom is 0.341 e. The highest BCUT2D eigenvalue weighted by atomic mass is 16.7. The first-order valence-corrected chi connectivity index (χ1v) is 9.89. The van der Waals surface area contributed by atoms with Crippen LogP contribution in [-0.4, -0.2) is 30.8 Å². The standard InChI is InChI=1S/C21H26O6/c1-12-6-8-19(2)15(4-5-16-21(19,27-16)18(23)24-3)20(12)10-14(26-17(20)22)13-7-9-25-11-13/h7,9,11-12,14-16H,4-6,8,10H2,1-3H3/t12-,14+,15+,16-,19-,20-,21+/m1/s1. The maximum absolute atomic E-state index is 13.3. The largest absolute Gasteiger partial charge is 0.472 e. The summed E-state index contributed by atoms with van der Waals surface area (Å²) in [4.78, 5) is 26.1. The molecule has 1 aromatic rings.